The number of amides is 2. The van der Waals surface area contributed by atoms with E-state index >= 15 is 0 Å². The molecule has 0 unspecified atom stereocenters. The van der Waals surface area contributed by atoms with Crippen LogP contribution in [0.1, 0.15) is 63.4 Å². The molecule has 0 aliphatic heterocycles. The largest absolute Gasteiger partial charge is 0.494 e. The van der Waals surface area contributed by atoms with Crippen LogP contribution in [0.5, 0.6) is 11.5 Å². The van der Waals surface area contributed by atoms with E-state index in [0.29, 0.717) is 39.8 Å². The predicted octanol–water partition coefficient (Wildman–Crippen LogP) is 4.51. The van der Waals surface area contributed by atoms with Gasteiger partial charge in [-0.1, -0.05) is 0 Å². The van der Waals surface area contributed by atoms with Gasteiger partial charge >= 0.3 is 23.8 Å². The number of hydrogen-bond acceptors (Lipinski definition) is 9. The number of hydrogen-bond donors (Lipinski definition) is 2. The Hall–Kier alpha value is -4.51. The van der Waals surface area contributed by atoms with E-state index in [1.807, 2.05) is 6.92 Å². The summed E-state index contributed by atoms with van der Waals surface area (Å²) in [7, 11) is 0. The predicted molar refractivity (Wildman–Crippen MR) is 150 cm³/mol. The third kappa shape index (κ3) is 7.11. The normalized spacial score (nSPS) is 12.3. The summed E-state index contributed by atoms with van der Waals surface area (Å²) in [5.41, 5.74) is 4.37. The summed E-state index contributed by atoms with van der Waals surface area (Å²) in [6, 6.07) is 13.1. The molecule has 1 heterocycles. The van der Waals surface area contributed by atoms with E-state index in [1.54, 1.807) is 55.5 Å². The number of thiophene rings is 1. The summed E-state index contributed by atoms with van der Waals surface area (Å²) < 4.78 is 15.9. The van der Waals surface area contributed by atoms with Crippen molar-refractivity contribution in [2.75, 3.05) is 18.5 Å². The van der Waals surface area contributed by atoms with E-state index in [9.17, 15) is 19.2 Å². The van der Waals surface area contributed by atoms with Crippen molar-refractivity contribution in [3.63, 3.8) is 0 Å². The van der Waals surface area contributed by atoms with Gasteiger partial charge in [0.1, 0.15) is 16.5 Å². The first-order valence-corrected chi connectivity index (χ1v) is 13.7. The highest BCUT2D eigenvalue weighted by Gasteiger charge is 2.28. The minimum Gasteiger partial charge on any atom is -0.494 e. The molecule has 11 heteroatoms. The van der Waals surface area contributed by atoms with E-state index in [1.165, 1.54) is 17.6 Å². The number of benzene rings is 2. The maximum absolute atomic E-state index is 12.5. The fourth-order valence-electron chi connectivity index (χ4n) is 4.09. The summed E-state index contributed by atoms with van der Waals surface area (Å²) in [5.74, 6) is -1.96. The number of carbonyl (C=O) groups is 4. The smallest absolute Gasteiger partial charge is 0.343 e. The number of nitrogens with zero attached hydrogens (tertiary/aromatic N) is 1. The van der Waals surface area contributed by atoms with Crippen LogP contribution in [0.3, 0.4) is 0 Å². The first kappa shape index (κ1) is 28.5. The second-order valence-electron chi connectivity index (χ2n) is 8.70. The van der Waals surface area contributed by atoms with Crippen LogP contribution in [0.25, 0.3) is 0 Å². The highest BCUT2D eigenvalue weighted by molar-refractivity contribution is 7.17. The topological polar surface area (TPSA) is 132 Å². The second kappa shape index (κ2) is 13.5. The highest BCUT2D eigenvalue weighted by Crippen LogP contribution is 2.38. The fraction of sp³-hybridized carbons (Fsp3) is 0.276. The van der Waals surface area contributed by atoms with Gasteiger partial charge in [-0.15, -0.1) is 11.3 Å². The Kier molecular flexibility index (Phi) is 9.63. The molecular formula is C29H29N3O7S. The van der Waals surface area contributed by atoms with Gasteiger partial charge in [0, 0.05) is 4.88 Å². The van der Waals surface area contributed by atoms with Gasteiger partial charge in [0.25, 0.3) is 0 Å². The number of rotatable bonds is 9. The molecule has 0 bridgehead atoms. The molecule has 0 saturated heterocycles. The molecular weight excluding hydrogens is 534 g/mol. The lowest BCUT2D eigenvalue weighted by Crippen LogP contribution is -2.32. The van der Waals surface area contributed by atoms with Crippen molar-refractivity contribution < 1.29 is 33.4 Å². The maximum Gasteiger partial charge on any atom is 0.343 e. The van der Waals surface area contributed by atoms with Crippen LogP contribution < -0.4 is 20.2 Å². The Morgan fingerprint density at radius 2 is 1.57 bits per heavy atom. The zero-order valence-electron chi connectivity index (χ0n) is 22.2. The van der Waals surface area contributed by atoms with E-state index < -0.39 is 23.8 Å². The first-order chi connectivity index (χ1) is 19.4. The molecule has 10 nitrogen and oxygen atoms in total. The Labute approximate surface area is 235 Å². The van der Waals surface area contributed by atoms with Gasteiger partial charge in [0.05, 0.1) is 30.6 Å². The standard InChI is InChI=1S/C29H29N3O7S/c1-3-37-20-15-11-19(12-16-20)28(35)39-21-13-9-18(10-14-21)17-30-32-26(34)25(33)31-27-24(29(36)38-4-2)22-7-5-6-8-23(22)40-27/h9-17H,3-8H2,1-2H3,(H,31,33)(H,32,34)/b30-17-. The van der Waals surface area contributed by atoms with Crippen molar-refractivity contribution in [2.45, 2.75) is 39.5 Å². The summed E-state index contributed by atoms with van der Waals surface area (Å²) in [6.07, 6.45) is 4.84. The molecule has 0 spiro atoms. The number of esters is 2. The van der Waals surface area contributed by atoms with Crippen molar-refractivity contribution >= 4 is 46.3 Å². The molecule has 1 aliphatic carbocycles. The number of hydrazone groups is 1. The minimum atomic E-state index is -0.988. The third-order valence-electron chi connectivity index (χ3n) is 5.96. The minimum absolute atomic E-state index is 0.207. The monoisotopic (exact) mass is 563 g/mol. The Morgan fingerprint density at radius 1 is 0.875 bits per heavy atom. The van der Waals surface area contributed by atoms with Crippen LogP contribution >= 0.6 is 11.3 Å². The first-order valence-electron chi connectivity index (χ1n) is 12.9. The van der Waals surface area contributed by atoms with Crippen LogP contribution in [0.4, 0.5) is 5.00 Å². The molecule has 2 aromatic carbocycles. The molecule has 208 valence electrons. The van der Waals surface area contributed by atoms with Crippen LogP contribution in [0.15, 0.2) is 53.6 Å². The van der Waals surface area contributed by atoms with Gasteiger partial charge in [0.2, 0.25) is 0 Å². The van der Waals surface area contributed by atoms with Crippen molar-refractivity contribution in [1.29, 1.82) is 0 Å². The molecule has 2 amide bonds. The molecule has 1 aliphatic rings. The molecule has 0 radical (unpaired) electrons. The Balaban J connectivity index is 1.31. The average Bonchev–Trinajstić information content (AvgIpc) is 3.32. The van der Waals surface area contributed by atoms with E-state index in [0.717, 1.165) is 36.1 Å². The van der Waals surface area contributed by atoms with Crippen molar-refractivity contribution in [3.8, 4) is 11.5 Å². The van der Waals surface area contributed by atoms with E-state index in [4.69, 9.17) is 14.2 Å². The number of carbonyl (C=O) groups excluding carboxylic acids is 4. The van der Waals surface area contributed by atoms with Gasteiger partial charge in [-0.25, -0.2) is 15.0 Å². The molecule has 4 rings (SSSR count). The van der Waals surface area contributed by atoms with Crippen molar-refractivity contribution in [2.24, 2.45) is 5.10 Å². The number of fused-ring (bicyclic) bond motifs is 1. The summed E-state index contributed by atoms with van der Waals surface area (Å²) in [6.45, 7) is 4.33. The van der Waals surface area contributed by atoms with Gasteiger partial charge in [-0.2, -0.15) is 5.10 Å². The molecule has 1 aromatic heterocycles. The zero-order valence-corrected chi connectivity index (χ0v) is 23.0. The lowest BCUT2D eigenvalue weighted by molar-refractivity contribution is -0.136. The van der Waals surface area contributed by atoms with E-state index in [-0.39, 0.29) is 6.61 Å². The zero-order chi connectivity index (χ0) is 28.5. The Bertz CT molecular complexity index is 1410. The molecule has 2 N–H and O–H groups in total. The SMILES string of the molecule is CCOC(=O)c1c(NC(=O)C(=O)N/N=C\c2ccc(OC(=O)c3ccc(OCC)cc3)cc2)sc2c1CCCC2. The molecule has 0 saturated carbocycles. The number of aryl methyl sites for hydroxylation is 1. The van der Waals surface area contributed by atoms with Crippen LogP contribution in [0, 0.1) is 0 Å². The summed E-state index contributed by atoms with van der Waals surface area (Å²) in [4.78, 5) is 50.8. The van der Waals surface area contributed by atoms with Gasteiger partial charge < -0.3 is 19.5 Å². The highest BCUT2D eigenvalue weighted by atomic mass is 32.1. The molecule has 0 atom stereocenters. The van der Waals surface area contributed by atoms with Crippen molar-refractivity contribution in [1.82, 2.24) is 5.43 Å². The number of nitrogens with one attached hydrogen (secondary N) is 2. The second-order valence-corrected chi connectivity index (χ2v) is 9.81. The maximum atomic E-state index is 12.5. The summed E-state index contributed by atoms with van der Waals surface area (Å²) >= 11 is 1.30. The van der Waals surface area contributed by atoms with Crippen molar-refractivity contribution in [3.05, 3.63) is 75.7 Å². The van der Waals surface area contributed by atoms with Crippen LogP contribution in [-0.4, -0.2) is 43.2 Å². The molecule has 0 fully saturated rings. The van der Waals surface area contributed by atoms with Gasteiger partial charge in [-0.3, -0.25) is 9.59 Å². The average molecular weight is 564 g/mol. The fourth-order valence-corrected chi connectivity index (χ4v) is 5.36. The van der Waals surface area contributed by atoms with Gasteiger partial charge in [0.15, 0.2) is 0 Å². The third-order valence-corrected chi connectivity index (χ3v) is 7.16. The van der Waals surface area contributed by atoms with Crippen LogP contribution in [-0.2, 0) is 27.2 Å². The number of anilines is 1. The van der Waals surface area contributed by atoms with E-state index in [2.05, 4.69) is 15.8 Å². The van der Waals surface area contributed by atoms with Crippen LogP contribution in [0.2, 0.25) is 0 Å². The lowest BCUT2D eigenvalue weighted by Gasteiger charge is -2.12. The van der Waals surface area contributed by atoms with Gasteiger partial charge in [-0.05, 0) is 99.2 Å². The Morgan fingerprint density at radius 3 is 2.27 bits per heavy atom. The molecule has 40 heavy (non-hydrogen) atoms. The quantitative estimate of drug-likeness (QED) is 0.129. The lowest BCUT2D eigenvalue weighted by atomic mass is 9.95. The number of ether oxygens (including phenoxy) is 3. The molecule has 3 aromatic rings. The summed E-state index contributed by atoms with van der Waals surface area (Å²) in [5, 5.41) is 6.68.